The molecule has 1 aromatic carbocycles. The molecule has 1 aromatic heterocycles. The maximum Gasteiger partial charge on any atom is 0.165 e. The fourth-order valence-electron chi connectivity index (χ4n) is 1.74. The number of aromatic nitrogens is 1. The van der Waals surface area contributed by atoms with E-state index in [4.69, 9.17) is 10.5 Å². The van der Waals surface area contributed by atoms with Crippen LogP contribution < -0.4 is 10.5 Å². The number of nitrogens with two attached hydrogens (primary N) is 1. The first kappa shape index (κ1) is 13.0. The number of methoxy groups -OCH3 is 1. The van der Waals surface area contributed by atoms with E-state index in [0.717, 1.165) is 27.6 Å². The monoisotopic (exact) mass is 266 g/mol. The molecule has 1 heterocycles. The van der Waals surface area contributed by atoms with Gasteiger partial charge >= 0.3 is 0 Å². The number of hydrogen-bond acceptors (Lipinski definition) is 4. The average Bonchev–Trinajstić information content (AvgIpc) is 2.82. The van der Waals surface area contributed by atoms with Crippen molar-refractivity contribution in [3.8, 4) is 16.3 Å². The van der Waals surface area contributed by atoms with Crippen LogP contribution in [0, 0.1) is 5.82 Å². The lowest BCUT2D eigenvalue weighted by molar-refractivity contribution is 0.387. The number of halogens is 1. The third-order valence-electron chi connectivity index (χ3n) is 2.70. The van der Waals surface area contributed by atoms with Crippen LogP contribution in [0.25, 0.3) is 10.6 Å². The molecule has 96 valence electrons. The van der Waals surface area contributed by atoms with Gasteiger partial charge in [-0.15, -0.1) is 11.3 Å². The first-order valence-electron chi connectivity index (χ1n) is 5.72. The Kier molecular flexibility index (Phi) is 3.93. The van der Waals surface area contributed by atoms with Crippen LogP contribution in [-0.2, 0) is 13.0 Å². The first-order chi connectivity index (χ1) is 8.69. The topological polar surface area (TPSA) is 48.1 Å². The van der Waals surface area contributed by atoms with Crippen molar-refractivity contribution in [1.82, 2.24) is 4.98 Å². The van der Waals surface area contributed by atoms with Gasteiger partial charge in [0.05, 0.1) is 12.8 Å². The van der Waals surface area contributed by atoms with Gasteiger partial charge in [0.1, 0.15) is 5.01 Å². The molecule has 0 saturated carbocycles. The van der Waals surface area contributed by atoms with Gasteiger partial charge in [-0.1, -0.05) is 6.92 Å². The summed E-state index contributed by atoms with van der Waals surface area (Å²) in [5, 5.41) is 0.852. The minimum Gasteiger partial charge on any atom is -0.494 e. The maximum atomic E-state index is 13.3. The van der Waals surface area contributed by atoms with Gasteiger partial charge in [0, 0.05) is 17.0 Å². The van der Waals surface area contributed by atoms with E-state index in [1.165, 1.54) is 13.2 Å². The van der Waals surface area contributed by atoms with Crippen molar-refractivity contribution in [3.63, 3.8) is 0 Å². The highest BCUT2D eigenvalue weighted by atomic mass is 32.1. The summed E-state index contributed by atoms with van der Waals surface area (Å²) in [4.78, 5) is 5.61. The van der Waals surface area contributed by atoms with Gasteiger partial charge in [0.2, 0.25) is 0 Å². The Morgan fingerprint density at radius 1 is 1.44 bits per heavy atom. The number of benzene rings is 1. The minimum atomic E-state index is -0.368. The molecule has 0 unspecified atom stereocenters. The van der Waals surface area contributed by atoms with Crippen molar-refractivity contribution in [2.24, 2.45) is 5.73 Å². The predicted octanol–water partition coefficient (Wildman–Crippen LogP) is 2.98. The van der Waals surface area contributed by atoms with Crippen LogP contribution in [0.1, 0.15) is 17.5 Å². The molecule has 5 heteroatoms. The molecule has 2 N–H and O–H groups in total. The molecule has 0 aliphatic rings. The predicted molar refractivity (Wildman–Crippen MR) is 71.3 cm³/mol. The lowest BCUT2D eigenvalue weighted by atomic mass is 10.2. The zero-order valence-electron chi connectivity index (χ0n) is 10.4. The van der Waals surface area contributed by atoms with Gasteiger partial charge in [-0.25, -0.2) is 9.37 Å². The fourth-order valence-corrected chi connectivity index (χ4v) is 2.76. The van der Waals surface area contributed by atoms with Crippen LogP contribution in [0.3, 0.4) is 0 Å². The zero-order chi connectivity index (χ0) is 13.1. The second-order valence-electron chi connectivity index (χ2n) is 3.80. The van der Waals surface area contributed by atoms with Crippen LogP contribution in [0.2, 0.25) is 0 Å². The highest BCUT2D eigenvalue weighted by molar-refractivity contribution is 7.15. The number of rotatable bonds is 4. The van der Waals surface area contributed by atoms with E-state index >= 15 is 0 Å². The Hall–Kier alpha value is -1.46. The lowest BCUT2D eigenvalue weighted by Gasteiger charge is -2.03. The smallest absolute Gasteiger partial charge is 0.165 e. The second kappa shape index (κ2) is 5.46. The SMILES string of the molecule is CCc1nc(-c2ccc(F)c(OC)c2)sc1CN. The summed E-state index contributed by atoms with van der Waals surface area (Å²) in [6, 6.07) is 4.76. The quantitative estimate of drug-likeness (QED) is 0.925. The van der Waals surface area contributed by atoms with E-state index in [-0.39, 0.29) is 11.6 Å². The molecule has 0 amide bonds. The molecule has 18 heavy (non-hydrogen) atoms. The molecule has 0 fully saturated rings. The molecule has 0 aliphatic carbocycles. The van der Waals surface area contributed by atoms with Crippen molar-refractivity contribution in [1.29, 1.82) is 0 Å². The third kappa shape index (κ3) is 2.37. The van der Waals surface area contributed by atoms with Gasteiger partial charge in [0.15, 0.2) is 11.6 Å². The van der Waals surface area contributed by atoms with Crippen LogP contribution in [0.5, 0.6) is 5.75 Å². The summed E-state index contributed by atoms with van der Waals surface area (Å²) < 4.78 is 18.3. The molecule has 0 radical (unpaired) electrons. The van der Waals surface area contributed by atoms with Crippen molar-refractivity contribution < 1.29 is 9.13 Å². The van der Waals surface area contributed by atoms with Crippen LogP contribution in [0.4, 0.5) is 4.39 Å². The summed E-state index contributed by atoms with van der Waals surface area (Å²) in [6.45, 7) is 2.53. The van der Waals surface area contributed by atoms with Gasteiger partial charge in [0.25, 0.3) is 0 Å². The summed E-state index contributed by atoms with van der Waals surface area (Å²) in [5.74, 6) is -0.136. The Morgan fingerprint density at radius 2 is 2.22 bits per heavy atom. The molecule has 0 atom stereocenters. The Morgan fingerprint density at radius 3 is 2.78 bits per heavy atom. The van der Waals surface area contributed by atoms with Crippen molar-refractivity contribution in [3.05, 3.63) is 34.6 Å². The van der Waals surface area contributed by atoms with E-state index in [2.05, 4.69) is 4.98 Å². The summed E-state index contributed by atoms with van der Waals surface area (Å²) in [7, 11) is 1.45. The molecular formula is C13H15FN2OS. The van der Waals surface area contributed by atoms with E-state index < -0.39 is 0 Å². The molecular weight excluding hydrogens is 251 g/mol. The largest absolute Gasteiger partial charge is 0.494 e. The number of aryl methyl sites for hydroxylation is 1. The van der Waals surface area contributed by atoms with Gasteiger partial charge in [-0.3, -0.25) is 0 Å². The van der Waals surface area contributed by atoms with E-state index in [1.807, 2.05) is 6.92 Å². The number of ether oxygens (including phenoxy) is 1. The number of thiazole rings is 1. The molecule has 0 aliphatic heterocycles. The van der Waals surface area contributed by atoms with Crippen LogP contribution in [0.15, 0.2) is 18.2 Å². The summed E-state index contributed by atoms with van der Waals surface area (Å²) >= 11 is 1.55. The standard InChI is InChI=1S/C13H15FN2OS/c1-3-10-12(7-15)18-13(16-10)8-4-5-9(14)11(6-8)17-2/h4-6H,3,7,15H2,1-2H3. The maximum absolute atomic E-state index is 13.3. The molecule has 0 bridgehead atoms. The fraction of sp³-hybridized carbons (Fsp3) is 0.308. The van der Waals surface area contributed by atoms with Gasteiger partial charge in [-0.2, -0.15) is 0 Å². The van der Waals surface area contributed by atoms with Crippen molar-refractivity contribution in [2.45, 2.75) is 19.9 Å². The van der Waals surface area contributed by atoms with Crippen molar-refractivity contribution >= 4 is 11.3 Å². The Balaban J connectivity index is 2.45. The second-order valence-corrected chi connectivity index (χ2v) is 4.88. The van der Waals surface area contributed by atoms with Crippen LogP contribution >= 0.6 is 11.3 Å². The molecule has 0 spiro atoms. The van der Waals surface area contributed by atoms with Gasteiger partial charge in [-0.05, 0) is 24.6 Å². The Bertz CT molecular complexity index is 532. The van der Waals surface area contributed by atoms with Gasteiger partial charge < -0.3 is 10.5 Å². The summed E-state index contributed by atoms with van der Waals surface area (Å²) in [6.07, 6.45) is 0.849. The average molecular weight is 266 g/mol. The number of hydrogen-bond donors (Lipinski definition) is 1. The number of nitrogens with zero attached hydrogens (tertiary/aromatic N) is 1. The highest BCUT2D eigenvalue weighted by Crippen LogP contribution is 2.31. The normalized spacial score (nSPS) is 10.7. The first-order valence-corrected chi connectivity index (χ1v) is 6.53. The molecule has 3 nitrogen and oxygen atoms in total. The molecule has 2 aromatic rings. The molecule has 0 saturated heterocycles. The molecule has 2 rings (SSSR count). The summed E-state index contributed by atoms with van der Waals surface area (Å²) in [5.41, 5.74) is 7.55. The Labute approximate surface area is 109 Å². The van der Waals surface area contributed by atoms with E-state index in [1.54, 1.807) is 23.5 Å². The van der Waals surface area contributed by atoms with E-state index in [0.29, 0.717) is 6.54 Å². The van der Waals surface area contributed by atoms with E-state index in [9.17, 15) is 4.39 Å². The van der Waals surface area contributed by atoms with Crippen LogP contribution in [-0.4, -0.2) is 12.1 Å². The zero-order valence-corrected chi connectivity index (χ0v) is 11.2. The van der Waals surface area contributed by atoms with Crippen molar-refractivity contribution in [2.75, 3.05) is 7.11 Å². The lowest BCUT2D eigenvalue weighted by Crippen LogP contribution is -1.96. The minimum absolute atomic E-state index is 0.232. The highest BCUT2D eigenvalue weighted by Gasteiger charge is 2.12. The third-order valence-corrected chi connectivity index (χ3v) is 3.87.